The van der Waals surface area contributed by atoms with E-state index in [1.807, 2.05) is 0 Å². The highest BCUT2D eigenvalue weighted by Crippen LogP contribution is 2.19. The molecule has 1 unspecified atom stereocenters. The molecule has 0 saturated heterocycles. The van der Waals surface area contributed by atoms with E-state index < -0.39 is 11.9 Å². The van der Waals surface area contributed by atoms with Crippen LogP contribution in [-0.2, 0) is 9.53 Å². The Labute approximate surface area is 157 Å². The van der Waals surface area contributed by atoms with E-state index in [2.05, 4.69) is 11.7 Å². The number of ether oxygens (including phenoxy) is 1. The SMILES string of the molecule is CCCCCCCCCCC(C(C)=O)C(=O)c1cccc(C(=O)OC)c1. The molecule has 0 amide bonds. The Morgan fingerprint density at radius 1 is 0.923 bits per heavy atom. The van der Waals surface area contributed by atoms with Crippen LogP contribution in [0.4, 0.5) is 0 Å². The zero-order valence-corrected chi connectivity index (χ0v) is 16.4. The molecule has 0 aromatic heterocycles. The molecule has 0 aliphatic rings. The molecule has 0 heterocycles. The lowest BCUT2D eigenvalue weighted by molar-refractivity contribution is -0.119. The molecule has 4 heteroatoms. The van der Waals surface area contributed by atoms with Crippen LogP contribution in [0.25, 0.3) is 0 Å². The maximum atomic E-state index is 12.7. The number of rotatable bonds is 13. The van der Waals surface area contributed by atoms with Crippen LogP contribution in [0.2, 0.25) is 0 Å². The first-order valence-corrected chi connectivity index (χ1v) is 9.74. The summed E-state index contributed by atoms with van der Waals surface area (Å²) in [7, 11) is 1.30. The number of benzene rings is 1. The van der Waals surface area contributed by atoms with E-state index in [9.17, 15) is 14.4 Å². The van der Waals surface area contributed by atoms with Crippen LogP contribution in [0.5, 0.6) is 0 Å². The molecule has 0 bridgehead atoms. The maximum Gasteiger partial charge on any atom is 0.337 e. The quantitative estimate of drug-likeness (QED) is 0.205. The summed E-state index contributed by atoms with van der Waals surface area (Å²) in [5.74, 6) is -1.42. The van der Waals surface area contributed by atoms with Gasteiger partial charge < -0.3 is 4.74 Å². The van der Waals surface area contributed by atoms with E-state index in [1.54, 1.807) is 18.2 Å². The molecular weight excluding hydrogens is 328 g/mol. The number of hydrogen-bond acceptors (Lipinski definition) is 4. The molecule has 0 aliphatic heterocycles. The number of carbonyl (C=O) groups is 3. The van der Waals surface area contributed by atoms with Gasteiger partial charge in [-0.25, -0.2) is 4.79 Å². The molecule has 1 atom stereocenters. The summed E-state index contributed by atoms with van der Waals surface area (Å²) in [6.07, 6.45) is 9.98. The highest BCUT2D eigenvalue weighted by Gasteiger charge is 2.24. The monoisotopic (exact) mass is 360 g/mol. The Hall–Kier alpha value is -1.97. The lowest BCUT2D eigenvalue weighted by Crippen LogP contribution is -2.22. The first-order valence-electron chi connectivity index (χ1n) is 9.74. The van der Waals surface area contributed by atoms with Crippen LogP contribution in [0.1, 0.15) is 92.4 Å². The van der Waals surface area contributed by atoms with Gasteiger partial charge in [-0.2, -0.15) is 0 Å². The van der Waals surface area contributed by atoms with Crippen molar-refractivity contribution in [2.75, 3.05) is 7.11 Å². The fourth-order valence-electron chi connectivity index (χ4n) is 3.12. The topological polar surface area (TPSA) is 60.4 Å². The number of methoxy groups -OCH3 is 1. The maximum absolute atomic E-state index is 12.7. The minimum Gasteiger partial charge on any atom is -0.465 e. The van der Waals surface area contributed by atoms with E-state index in [0.717, 1.165) is 19.3 Å². The molecule has 0 N–H and O–H groups in total. The second-order valence-electron chi connectivity index (χ2n) is 6.86. The van der Waals surface area contributed by atoms with Crippen molar-refractivity contribution in [1.29, 1.82) is 0 Å². The normalized spacial score (nSPS) is 11.8. The Morgan fingerprint density at radius 2 is 1.50 bits per heavy atom. The van der Waals surface area contributed by atoms with Gasteiger partial charge in [-0.1, -0.05) is 70.4 Å². The summed E-state index contributed by atoms with van der Waals surface area (Å²) in [6.45, 7) is 3.68. The van der Waals surface area contributed by atoms with E-state index in [0.29, 0.717) is 17.5 Å². The summed E-state index contributed by atoms with van der Waals surface area (Å²) in [5.41, 5.74) is 0.723. The standard InChI is InChI=1S/C22H32O4/c1-4-5-6-7-8-9-10-11-15-20(17(2)23)21(24)18-13-12-14-19(16-18)22(25)26-3/h12-14,16,20H,4-11,15H2,1-3H3. The summed E-state index contributed by atoms with van der Waals surface area (Å²) < 4.78 is 4.69. The predicted molar refractivity (Wildman–Crippen MR) is 104 cm³/mol. The van der Waals surface area contributed by atoms with Crippen molar-refractivity contribution in [3.8, 4) is 0 Å². The zero-order valence-electron chi connectivity index (χ0n) is 16.4. The second-order valence-corrected chi connectivity index (χ2v) is 6.86. The van der Waals surface area contributed by atoms with E-state index in [4.69, 9.17) is 0 Å². The van der Waals surface area contributed by atoms with Crippen LogP contribution in [-0.4, -0.2) is 24.6 Å². The van der Waals surface area contributed by atoms with Gasteiger partial charge in [0.05, 0.1) is 18.6 Å². The molecule has 0 saturated carbocycles. The fourth-order valence-corrected chi connectivity index (χ4v) is 3.12. The van der Waals surface area contributed by atoms with Gasteiger partial charge in [0.1, 0.15) is 5.78 Å². The lowest BCUT2D eigenvalue weighted by Gasteiger charge is -2.13. The van der Waals surface area contributed by atoms with E-state index >= 15 is 0 Å². The third-order valence-electron chi connectivity index (χ3n) is 4.72. The number of esters is 1. The summed E-state index contributed by atoms with van der Waals surface area (Å²) in [5, 5.41) is 0. The third kappa shape index (κ3) is 7.51. The number of hydrogen-bond donors (Lipinski definition) is 0. The van der Waals surface area contributed by atoms with Crippen LogP contribution in [0, 0.1) is 5.92 Å². The van der Waals surface area contributed by atoms with Gasteiger partial charge in [-0.05, 0) is 25.5 Å². The Morgan fingerprint density at radius 3 is 2.08 bits per heavy atom. The van der Waals surface area contributed by atoms with Crippen molar-refractivity contribution >= 4 is 17.5 Å². The molecule has 144 valence electrons. The van der Waals surface area contributed by atoms with Crippen LogP contribution in [0.15, 0.2) is 24.3 Å². The van der Waals surface area contributed by atoms with Crippen LogP contribution in [0.3, 0.4) is 0 Å². The average molecular weight is 360 g/mol. The Kier molecular flexibility index (Phi) is 10.5. The fraction of sp³-hybridized carbons (Fsp3) is 0.591. The highest BCUT2D eigenvalue weighted by molar-refractivity contribution is 6.10. The van der Waals surface area contributed by atoms with Crippen LogP contribution >= 0.6 is 0 Å². The van der Waals surface area contributed by atoms with E-state index in [1.165, 1.54) is 52.2 Å². The van der Waals surface area contributed by atoms with Crippen molar-refractivity contribution in [1.82, 2.24) is 0 Å². The highest BCUT2D eigenvalue weighted by atomic mass is 16.5. The molecule has 0 fully saturated rings. The van der Waals surface area contributed by atoms with Gasteiger partial charge >= 0.3 is 5.97 Å². The Bertz CT molecular complexity index is 592. The van der Waals surface area contributed by atoms with E-state index in [-0.39, 0.29) is 11.6 Å². The van der Waals surface area contributed by atoms with Gasteiger partial charge in [-0.3, -0.25) is 9.59 Å². The molecule has 0 aliphatic carbocycles. The second kappa shape index (κ2) is 12.4. The molecule has 1 aromatic carbocycles. The number of unbranched alkanes of at least 4 members (excludes halogenated alkanes) is 7. The lowest BCUT2D eigenvalue weighted by atomic mass is 9.88. The van der Waals surface area contributed by atoms with Gasteiger partial charge in [0.25, 0.3) is 0 Å². The molecule has 1 aromatic rings. The van der Waals surface area contributed by atoms with Gasteiger partial charge in [0, 0.05) is 5.56 Å². The zero-order chi connectivity index (χ0) is 19.4. The molecular formula is C22H32O4. The first kappa shape index (κ1) is 22.1. The van der Waals surface area contributed by atoms with Crippen molar-refractivity contribution in [3.63, 3.8) is 0 Å². The summed E-state index contributed by atoms with van der Waals surface area (Å²) >= 11 is 0. The molecule has 4 nitrogen and oxygen atoms in total. The van der Waals surface area contributed by atoms with Crippen molar-refractivity contribution in [2.45, 2.75) is 71.6 Å². The van der Waals surface area contributed by atoms with Crippen molar-refractivity contribution in [2.24, 2.45) is 5.92 Å². The predicted octanol–water partition coefficient (Wildman–Crippen LogP) is 5.39. The molecule has 26 heavy (non-hydrogen) atoms. The first-order chi connectivity index (χ1) is 12.5. The summed E-state index contributed by atoms with van der Waals surface area (Å²) in [4.78, 5) is 36.3. The van der Waals surface area contributed by atoms with Crippen molar-refractivity contribution in [3.05, 3.63) is 35.4 Å². The van der Waals surface area contributed by atoms with Crippen LogP contribution < -0.4 is 0 Å². The van der Waals surface area contributed by atoms with Gasteiger partial charge in [-0.15, -0.1) is 0 Å². The number of carbonyl (C=O) groups excluding carboxylic acids is 3. The minimum atomic E-state index is -0.622. The van der Waals surface area contributed by atoms with Gasteiger partial charge in [0.2, 0.25) is 0 Å². The molecule has 0 radical (unpaired) electrons. The molecule has 1 rings (SSSR count). The smallest absolute Gasteiger partial charge is 0.337 e. The number of ketones is 2. The van der Waals surface area contributed by atoms with Gasteiger partial charge in [0.15, 0.2) is 5.78 Å². The third-order valence-corrected chi connectivity index (χ3v) is 4.72. The largest absolute Gasteiger partial charge is 0.465 e. The number of Topliss-reactive ketones (excluding diaryl/α,β-unsaturated/α-hetero) is 2. The summed E-state index contributed by atoms with van der Waals surface area (Å²) in [6, 6.07) is 6.41. The minimum absolute atomic E-state index is 0.110. The average Bonchev–Trinajstić information content (AvgIpc) is 2.65. The molecule has 0 spiro atoms. The van der Waals surface area contributed by atoms with Crippen molar-refractivity contribution < 1.29 is 19.1 Å². The Balaban J connectivity index is 2.55.